The average Bonchev–Trinajstić information content (AvgIpc) is 2.45. The fourth-order valence-corrected chi connectivity index (χ4v) is 4.08. The zero-order valence-electron chi connectivity index (χ0n) is 11.6. The standard InChI is InChI=1S/C16H21BrClNO/c17-15-13(18)5-4-6-14(15)19-12-7-10-20-16(11-12)8-2-1-3-9-16/h4-6,12,19H,1-3,7-11H2. The van der Waals surface area contributed by atoms with Gasteiger partial charge in [-0.25, -0.2) is 0 Å². The predicted octanol–water partition coefficient (Wildman–Crippen LogP) is 5.40. The van der Waals surface area contributed by atoms with Gasteiger partial charge in [0.1, 0.15) is 0 Å². The number of benzene rings is 1. The van der Waals surface area contributed by atoms with Crippen molar-refractivity contribution in [3.8, 4) is 0 Å². The third kappa shape index (κ3) is 3.15. The van der Waals surface area contributed by atoms with Gasteiger partial charge < -0.3 is 10.1 Å². The summed E-state index contributed by atoms with van der Waals surface area (Å²) >= 11 is 9.73. The predicted molar refractivity (Wildman–Crippen MR) is 87.6 cm³/mol. The van der Waals surface area contributed by atoms with Crippen LogP contribution in [0.2, 0.25) is 5.02 Å². The molecule has 1 heterocycles. The van der Waals surface area contributed by atoms with Gasteiger partial charge in [0.25, 0.3) is 0 Å². The van der Waals surface area contributed by atoms with Gasteiger partial charge in [0.05, 0.1) is 20.8 Å². The second-order valence-corrected chi connectivity index (χ2v) is 7.23. The van der Waals surface area contributed by atoms with Crippen LogP contribution >= 0.6 is 27.5 Å². The first-order valence-corrected chi connectivity index (χ1v) is 8.70. The average molecular weight is 359 g/mol. The maximum Gasteiger partial charge on any atom is 0.0702 e. The molecule has 0 bridgehead atoms. The Labute approximate surface area is 134 Å². The Morgan fingerprint density at radius 2 is 2.05 bits per heavy atom. The summed E-state index contributed by atoms with van der Waals surface area (Å²) < 4.78 is 7.11. The maximum atomic E-state index is 6.16. The van der Waals surface area contributed by atoms with Gasteiger partial charge in [-0.2, -0.15) is 0 Å². The van der Waals surface area contributed by atoms with E-state index in [4.69, 9.17) is 16.3 Å². The topological polar surface area (TPSA) is 21.3 Å². The van der Waals surface area contributed by atoms with E-state index in [0.29, 0.717) is 6.04 Å². The normalized spacial score (nSPS) is 25.6. The lowest BCUT2D eigenvalue weighted by Gasteiger charge is -2.44. The molecule has 1 N–H and O–H groups in total. The summed E-state index contributed by atoms with van der Waals surface area (Å²) in [4.78, 5) is 0. The molecule has 1 aliphatic carbocycles. The highest BCUT2D eigenvalue weighted by atomic mass is 79.9. The molecule has 2 nitrogen and oxygen atoms in total. The van der Waals surface area contributed by atoms with E-state index < -0.39 is 0 Å². The third-order valence-electron chi connectivity index (χ3n) is 4.57. The molecule has 1 aromatic carbocycles. The van der Waals surface area contributed by atoms with Gasteiger partial charge in [-0.15, -0.1) is 0 Å². The van der Waals surface area contributed by atoms with Crippen LogP contribution < -0.4 is 5.32 Å². The van der Waals surface area contributed by atoms with Gasteiger partial charge >= 0.3 is 0 Å². The number of hydrogen-bond acceptors (Lipinski definition) is 2. The van der Waals surface area contributed by atoms with Crippen LogP contribution in [-0.2, 0) is 4.74 Å². The number of hydrogen-bond donors (Lipinski definition) is 1. The van der Waals surface area contributed by atoms with Crippen molar-refractivity contribution >= 4 is 33.2 Å². The Balaban J connectivity index is 1.69. The van der Waals surface area contributed by atoms with Crippen LogP contribution in [0.3, 0.4) is 0 Å². The number of ether oxygens (including phenoxy) is 1. The highest BCUT2D eigenvalue weighted by molar-refractivity contribution is 9.10. The third-order valence-corrected chi connectivity index (χ3v) is 5.97. The Morgan fingerprint density at radius 1 is 1.25 bits per heavy atom. The van der Waals surface area contributed by atoms with E-state index in [1.165, 1.54) is 32.1 Å². The molecule has 1 saturated carbocycles. The molecule has 1 unspecified atom stereocenters. The molecule has 1 aromatic rings. The van der Waals surface area contributed by atoms with Crippen molar-refractivity contribution in [1.29, 1.82) is 0 Å². The maximum absolute atomic E-state index is 6.16. The molecule has 2 aliphatic rings. The van der Waals surface area contributed by atoms with Crippen LogP contribution in [0.4, 0.5) is 5.69 Å². The molecule has 0 radical (unpaired) electrons. The quantitative estimate of drug-likeness (QED) is 0.764. The van der Waals surface area contributed by atoms with Crippen molar-refractivity contribution in [2.24, 2.45) is 0 Å². The number of anilines is 1. The summed E-state index contributed by atoms with van der Waals surface area (Å²) in [6.07, 6.45) is 8.63. The lowest BCUT2D eigenvalue weighted by atomic mass is 9.78. The molecule has 2 fully saturated rings. The molecule has 4 heteroatoms. The Bertz CT molecular complexity index is 468. The summed E-state index contributed by atoms with van der Waals surface area (Å²) in [5, 5.41) is 4.41. The molecule has 1 atom stereocenters. The van der Waals surface area contributed by atoms with Crippen LogP contribution in [0.1, 0.15) is 44.9 Å². The van der Waals surface area contributed by atoms with Crippen molar-refractivity contribution in [1.82, 2.24) is 0 Å². The van der Waals surface area contributed by atoms with Gasteiger partial charge in [-0.3, -0.25) is 0 Å². The minimum atomic E-state index is 0.138. The zero-order valence-corrected chi connectivity index (χ0v) is 14.0. The first-order chi connectivity index (χ1) is 9.69. The van der Waals surface area contributed by atoms with E-state index in [0.717, 1.165) is 34.6 Å². The molecular weight excluding hydrogens is 338 g/mol. The summed E-state index contributed by atoms with van der Waals surface area (Å²) in [6.45, 7) is 0.871. The first kappa shape index (κ1) is 14.7. The van der Waals surface area contributed by atoms with Crippen LogP contribution in [-0.4, -0.2) is 18.2 Å². The SMILES string of the molecule is Clc1cccc(NC2CCOC3(CCCCC3)C2)c1Br. The van der Waals surface area contributed by atoms with Gasteiger partial charge in [-0.05, 0) is 53.7 Å². The van der Waals surface area contributed by atoms with Gasteiger partial charge in [-0.1, -0.05) is 36.9 Å². The van der Waals surface area contributed by atoms with Gasteiger partial charge in [0.15, 0.2) is 0 Å². The second kappa shape index (κ2) is 6.25. The number of nitrogens with one attached hydrogen (secondary N) is 1. The molecule has 1 saturated heterocycles. The summed E-state index contributed by atoms with van der Waals surface area (Å²) in [5.41, 5.74) is 1.23. The lowest BCUT2D eigenvalue weighted by molar-refractivity contribution is -0.103. The van der Waals surface area contributed by atoms with Crippen LogP contribution in [0.15, 0.2) is 22.7 Å². The van der Waals surface area contributed by atoms with E-state index in [1.54, 1.807) is 0 Å². The Morgan fingerprint density at radius 3 is 2.85 bits per heavy atom. The van der Waals surface area contributed by atoms with E-state index >= 15 is 0 Å². The van der Waals surface area contributed by atoms with E-state index in [1.807, 2.05) is 12.1 Å². The van der Waals surface area contributed by atoms with Crippen LogP contribution in [0.25, 0.3) is 0 Å². The van der Waals surface area contributed by atoms with E-state index in [-0.39, 0.29) is 5.60 Å². The summed E-state index contributed by atoms with van der Waals surface area (Å²) in [7, 11) is 0. The lowest BCUT2D eigenvalue weighted by Crippen LogP contribution is -2.45. The molecule has 0 amide bonds. The molecule has 110 valence electrons. The molecule has 1 aliphatic heterocycles. The van der Waals surface area contributed by atoms with Gasteiger partial charge in [0.2, 0.25) is 0 Å². The van der Waals surface area contributed by atoms with Crippen molar-refractivity contribution in [2.45, 2.75) is 56.6 Å². The van der Waals surface area contributed by atoms with E-state index in [9.17, 15) is 0 Å². The zero-order chi connectivity index (χ0) is 14.0. The number of halogens is 2. The van der Waals surface area contributed by atoms with Gasteiger partial charge in [0, 0.05) is 12.6 Å². The fourth-order valence-electron chi connectivity index (χ4n) is 3.53. The van der Waals surface area contributed by atoms with Crippen LogP contribution in [0, 0.1) is 0 Å². The largest absolute Gasteiger partial charge is 0.381 e. The van der Waals surface area contributed by atoms with Crippen molar-refractivity contribution in [2.75, 3.05) is 11.9 Å². The first-order valence-electron chi connectivity index (χ1n) is 7.53. The van der Waals surface area contributed by atoms with E-state index in [2.05, 4.69) is 27.3 Å². The minimum absolute atomic E-state index is 0.138. The molecular formula is C16H21BrClNO. The monoisotopic (exact) mass is 357 g/mol. The number of rotatable bonds is 2. The molecule has 3 rings (SSSR count). The summed E-state index contributed by atoms with van der Waals surface area (Å²) in [5.74, 6) is 0. The van der Waals surface area contributed by atoms with Crippen molar-refractivity contribution in [3.63, 3.8) is 0 Å². The summed E-state index contributed by atoms with van der Waals surface area (Å²) in [6, 6.07) is 6.46. The van der Waals surface area contributed by atoms with Crippen molar-refractivity contribution < 1.29 is 4.74 Å². The smallest absolute Gasteiger partial charge is 0.0702 e. The Kier molecular flexibility index (Phi) is 4.58. The highest BCUT2D eigenvalue weighted by Gasteiger charge is 2.38. The molecule has 20 heavy (non-hydrogen) atoms. The van der Waals surface area contributed by atoms with Crippen LogP contribution in [0.5, 0.6) is 0 Å². The van der Waals surface area contributed by atoms with Crippen molar-refractivity contribution in [3.05, 3.63) is 27.7 Å². The molecule has 1 spiro atoms. The minimum Gasteiger partial charge on any atom is -0.381 e. The molecule has 0 aromatic heterocycles. The Hall–Kier alpha value is -0.250. The fraction of sp³-hybridized carbons (Fsp3) is 0.625. The second-order valence-electron chi connectivity index (χ2n) is 6.03. The highest BCUT2D eigenvalue weighted by Crippen LogP contribution is 2.40.